The number of halogens is 1. The Kier molecular flexibility index (Phi) is 3.43. The zero-order valence-electron chi connectivity index (χ0n) is 8.33. The summed E-state index contributed by atoms with van der Waals surface area (Å²) in [5.41, 5.74) is 12.0. The van der Waals surface area contributed by atoms with Crippen molar-refractivity contribution in [3.8, 4) is 5.75 Å². The summed E-state index contributed by atoms with van der Waals surface area (Å²) in [7, 11) is 1.52. The zero-order valence-corrected chi connectivity index (χ0v) is 8.33. The molecule has 78 valence electrons. The van der Waals surface area contributed by atoms with Crippen molar-refractivity contribution in [2.75, 3.05) is 7.11 Å². The van der Waals surface area contributed by atoms with Crippen molar-refractivity contribution in [2.24, 2.45) is 11.5 Å². The maximum atomic E-state index is 13.0. The van der Waals surface area contributed by atoms with Crippen molar-refractivity contribution >= 4 is 0 Å². The highest BCUT2D eigenvalue weighted by Gasteiger charge is 2.16. The minimum absolute atomic E-state index is 0.245. The molecule has 0 bridgehead atoms. The van der Waals surface area contributed by atoms with E-state index in [1.54, 1.807) is 13.0 Å². The lowest BCUT2D eigenvalue weighted by Gasteiger charge is -2.18. The first-order chi connectivity index (χ1) is 6.56. The van der Waals surface area contributed by atoms with Gasteiger partial charge in [0.15, 0.2) is 0 Å². The van der Waals surface area contributed by atoms with Crippen LogP contribution in [0.1, 0.15) is 18.5 Å². The summed E-state index contributed by atoms with van der Waals surface area (Å²) < 4.78 is 18.0. The van der Waals surface area contributed by atoms with Crippen LogP contribution in [-0.4, -0.2) is 13.2 Å². The van der Waals surface area contributed by atoms with Crippen molar-refractivity contribution in [3.63, 3.8) is 0 Å². The molecule has 0 heterocycles. The third-order valence-corrected chi connectivity index (χ3v) is 2.12. The molecule has 0 aliphatic heterocycles. The molecule has 0 aromatic heterocycles. The van der Waals surface area contributed by atoms with Crippen LogP contribution in [0, 0.1) is 5.82 Å². The standard InChI is InChI=1S/C10H15FN2O/c1-6(12)10(13)8-5-7(11)3-4-9(8)14-2/h3-6,10H,12-13H2,1-2H3. The number of nitrogens with two attached hydrogens (primary N) is 2. The van der Waals surface area contributed by atoms with Crippen molar-refractivity contribution in [1.29, 1.82) is 0 Å². The molecule has 0 saturated heterocycles. The normalized spacial score (nSPS) is 14.9. The monoisotopic (exact) mass is 198 g/mol. The fourth-order valence-corrected chi connectivity index (χ4v) is 1.25. The smallest absolute Gasteiger partial charge is 0.123 e. The Balaban J connectivity index is 3.10. The highest BCUT2D eigenvalue weighted by molar-refractivity contribution is 5.36. The molecule has 0 radical (unpaired) electrons. The zero-order chi connectivity index (χ0) is 10.7. The van der Waals surface area contributed by atoms with Gasteiger partial charge in [0, 0.05) is 17.6 Å². The highest BCUT2D eigenvalue weighted by atomic mass is 19.1. The van der Waals surface area contributed by atoms with E-state index in [1.165, 1.54) is 19.2 Å². The first-order valence-electron chi connectivity index (χ1n) is 4.41. The highest BCUT2D eigenvalue weighted by Crippen LogP contribution is 2.25. The van der Waals surface area contributed by atoms with Gasteiger partial charge in [0.2, 0.25) is 0 Å². The number of ether oxygens (including phenoxy) is 1. The lowest BCUT2D eigenvalue weighted by Crippen LogP contribution is -2.31. The lowest BCUT2D eigenvalue weighted by atomic mass is 10.0. The minimum atomic E-state index is -0.416. The molecule has 3 nitrogen and oxygen atoms in total. The van der Waals surface area contributed by atoms with Crippen LogP contribution < -0.4 is 16.2 Å². The van der Waals surface area contributed by atoms with Crippen LogP contribution in [0.4, 0.5) is 4.39 Å². The first kappa shape index (κ1) is 10.9. The number of hydrogen-bond acceptors (Lipinski definition) is 3. The molecule has 0 spiro atoms. The second kappa shape index (κ2) is 4.39. The van der Waals surface area contributed by atoms with E-state index in [9.17, 15) is 4.39 Å². The molecule has 14 heavy (non-hydrogen) atoms. The average molecular weight is 198 g/mol. The molecule has 2 atom stereocenters. The largest absolute Gasteiger partial charge is 0.496 e. The molecule has 0 aliphatic carbocycles. The van der Waals surface area contributed by atoms with Gasteiger partial charge < -0.3 is 16.2 Å². The summed E-state index contributed by atoms with van der Waals surface area (Å²) in [6.45, 7) is 1.77. The molecule has 1 rings (SSSR count). The predicted molar refractivity (Wildman–Crippen MR) is 53.5 cm³/mol. The summed E-state index contributed by atoms with van der Waals surface area (Å²) in [6, 6.07) is 3.57. The van der Waals surface area contributed by atoms with E-state index in [0.717, 1.165) is 0 Å². The van der Waals surface area contributed by atoms with Gasteiger partial charge in [-0.2, -0.15) is 0 Å². The summed E-state index contributed by atoms with van der Waals surface area (Å²) in [4.78, 5) is 0. The SMILES string of the molecule is COc1ccc(F)cc1C(N)C(C)N. The molecule has 0 saturated carbocycles. The maximum absolute atomic E-state index is 13.0. The molecule has 1 aromatic rings. The summed E-state index contributed by atoms with van der Waals surface area (Å²) in [5.74, 6) is 0.230. The van der Waals surface area contributed by atoms with Gasteiger partial charge in [-0.05, 0) is 25.1 Å². The van der Waals surface area contributed by atoms with Gasteiger partial charge in [0.25, 0.3) is 0 Å². The van der Waals surface area contributed by atoms with Crippen LogP contribution in [0.5, 0.6) is 5.75 Å². The molecule has 2 unspecified atom stereocenters. The van der Waals surface area contributed by atoms with Crippen LogP contribution in [0.3, 0.4) is 0 Å². The Labute approximate surface area is 82.9 Å². The molecule has 4 heteroatoms. The molecule has 0 amide bonds. The van der Waals surface area contributed by atoms with Gasteiger partial charge in [-0.25, -0.2) is 4.39 Å². The van der Waals surface area contributed by atoms with E-state index in [-0.39, 0.29) is 11.9 Å². The lowest BCUT2D eigenvalue weighted by molar-refractivity contribution is 0.400. The molecular weight excluding hydrogens is 183 g/mol. The van der Waals surface area contributed by atoms with Gasteiger partial charge in [0.05, 0.1) is 7.11 Å². The van der Waals surface area contributed by atoms with Crippen molar-refractivity contribution < 1.29 is 9.13 Å². The van der Waals surface area contributed by atoms with Crippen LogP contribution in [-0.2, 0) is 0 Å². The van der Waals surface area contributed by atoms with Crippen LogP contribution in [0.25, 0.3) is 0 Å². The third kappa shape index (κ3) is 2.21. The first-order valence-corrected chi connectivity index (χ1v) is 4.41. The second-order valence-corrected chi connectivity index (χ2v) is 3.27. The Morgan fingerprint density at radius 2 is 2.00 bits per heavy atom. The molecule has 0 aliphatic rings. The minimum Gasteiger partial charge on any atom is -0.496 e. The number of rotatable bonds is 3. The second-order valence-electron chi connectivity index (χ2n) is 3.27. The number of benzene rings is 1. The summed E-state index contributed by atoms with van der Waals surface area (Å²) in [5, 5.41) is 0. The quantitative estimate of drug-likeness (QED) is 0.766. The molecular formula is C10H15FN2O. The summed E-state index contributed by atoms with van der Waals surface area (Å²) >= 11 is 0. The fraction of sp³-hybridized carbons (Fsp3) is 0.400. The van der Waals surface area contributed by atoms with E-state index in [4.69, 9.17) is 16.2 Å². The van der Waals surface area contributed by atoms with E-state index in [1.807, 2.05) is 0 Å². The third-order valence-electron chi connectivity index (χ3n) is 2.12. The van der Waals surface area contributed by atoms with E-state index in [2.05, 4.69) is 0 Å². The molecule has 1 aromatic carbocycles. The topological polar surface area (TPSA) is 61.3 Å². The average Bonchev–Trinajstić information content (AvgIpc) is 2.16. The van der Waals surface area contributed by atoms with Crippen LogP contribution in [0.15, 0.2) is 18.2 Å². The Hall–Kier alpha value is -1.13. The van der Waals surface area contributed by atoms with Gasteiger partial charge in [0.1, 0.15) is 11.6 Å². The van der Waals surface area contributed by atoms with Crippen LogP contribution in [0.2, 0.25) is 0 Å². The number of hydrogen-bond donors (Lipinski definition) is 2. The van der Waals surface area contributed by atoms with Crippen molar-refractivity contribution in [2.45, 2.75) is 19.0 Å². The molecule has 0 fully saturated rings. The predicted octanol–water partition coefficient (Wildman–Crippen LogP) is 1.18. The van der Waals surface area contributed by atoms with E-state index >= 15 is 0 Å². The molecule has 4 N–H and O–H groups in total. The van der Waals surface area contributed by atoms with Gasteiger partial charge in [-0.15, -0.1) is 0 Å². The maximum Gasteiger partial charge on any atom is 0.123 e. The van der Waals surface area contributed by atoms with Crippen molar-refractivity contribution in [3.05, 3.63) is 29.6 Å². The Morgan fingerprint density at radius 1 is 1.36 bits per heavy atom. The van der Waals surface area contributed by atoms with Crippen LogP contribution >= 0.6 is 0 Å². The summed E-state index contributed by atoms with van der Waals surface area (Å²) in [6.07, 6.45) is 0. The number of methoxy groups -OCH3 is 1. The Morgan fingerprint density at radius 3 is 2.50 bits per heavy atom. The van der Waals surface area contributed by atoms with Crippen molar-refractivity contribution in [1.82, 2.24) is 0 Å². The van der Waals surface area contributed by atoms with E-state index < -0.39 is 6.04 Å². The Bertz CT molecular complexity index is 315. The van der Waals surface area contributed by atoms with E-state index in [0.29, 0.717) is 11.3 Å². The fourth-order valence-electron chi connectivity index (χ4n) is 1.25. The van der Waals surface area contributed by atoms with Gasteiger partial charge in [-0.3, -0.25) is 0 Å². The van der Waals surface area contributed by atoms with Gasteiger partial charge in [-0.1, -0.05) is 0 Å². The van der Waals surface area contributed by atoms with Gasteiger partial charge >= 0.3 is 0 Å².